The van der Waals surface area contributed by atoms with Crippen LogP contribution in [0.2, 0.25) is 5.02 Å². The fraction of sp³-hybridized carbons (Fsp3) is 0.464. The number of hydrogen-bond acceptors (Lipinski definition) is 7. The van der Waals surface area contributed by atoms with Crippen molar-refractivity contribution in [2.45, 2.75) is 51.0 Å². The summed E-state index contributed by atoms with van der Waals surface area (Å²) < 4.78 is 5.89. The molecule has 206 valence electrons. The summed E-state index contributed by atoms with van der Waals surface area (Å²) in [5.74, 6) is -0.815. The van der Waals surface area contributed by atoms with Gasteiger partial charge in [-0.15, -0.1) is 0 Å². The van der Waals surface area contributed by atoms with Gasteiger partial charge in [0, 0.05) is 32.3 Å². The quantitative estimate of drug-likeness (QED) is 0.447. The molecule has 10 nitrogen and oxygen atoms in total. The summed E-state index contributed by atoms with van der Waals surface area (Å²) in [6, 6.07) is 7.07. The Hall–Kier alpha value is -3.50. The summed E-state index contributed by atoms with van der Waals surface area (Å²) >= 11 is 5.91. The SMILES string of the molecule is CN(C)C(=O)Cc1ccc2oc(C(=O)Nc3ccc(Cl)cn3)c(NC(=O)C3CCC(N4CCCC4)CC3)c2n1. The largest absolute Gasteiger partial charge is 0.447 e. The van der Waals surface area contributed by atoms with Crippen LogP contribution < -0.4 is 10.6 Å². The Balaban J connectivity index is 1.40. The first-order valence-electron chi connectivity index (χ1n) is 13.4. The third-order valence-electron chi connectivity index (χ3n) is 7.57. The van der Waals surface area contributed by atoms with E-state index < -0.39 is 5.91 Å². The lowest BCUT2D eigenvalue weighted by Gasteiger charge is -2.33. The van der Waals surface area contributed by atoms with E-state index in [1.165, 1.54) is 23.9 Å². The lowest BCUT2D eigenvalue weighted by Crippen LogP contribution is -2.38. The van der Waals surface area contributed by atoms with Gasteiger partial charge in [-0.05, 0) is 75.9 Å². The number of pyridine rings is 2. The van der Waals surface area contributed by atoms with E-state index in [0.717, 1.165) is 38.8 Å². The van der Waals surface area contributed by atoms with Gasteiger partial charge in [0.1, 0.15) is 17.0 Å². The number of amides is 3. The zero-order valence-electron chi connectivity index (χ0n) is 22.2. The molecule has 0 radical (unpaired) electrons. The number of nitrogens with one attached hydrogen (secondary N) is 2. The number of hydrogen-bond donors (Lipinski definition) is 2. The maximum absolute atomic E-state index is 13.4. The smallest absolute Gasteiger partial charge is 0.294 e. The van der Waals surface area contributed by atoms with E-state index >= 15 is 0 Å². The minimum atomic E-state index is -0.582. The summed E-state index contributed by atoms with van der Waals surface area (Å²) in [4.78, 5) is 51.8. The molecule has 2 N–H and O–H groups in total. The van der Waals surface area contributed by atoms with E-state index in [9.17, 15) is 14.4 Å². The van der Waals surface area contributed by atoms with Crippen molar-refractivity contribution in [1.29, 1.82) is 0 Å². The van der Waals surface area contributed by atoms with Gasteiger partial charge in [0.2, 0.25) is 17.6 Å². The molecule has 3 amide bonds. The zero-order valence-corrected chi connectivity index (χ0v) is 23.0. The van der Waals surface area contributed by atoms with Crippen molar-refractivity contribution in [1.82, 2.24) is 19.8 Å². The number of halogens is 1. The monoisotopic (exact) mass is 552 g/mol. The first kappa shape index (κ1) is 27.1. The normalized spacial score (nSPS) is 19.7. The second-order valence-corrected chi connectivity index (χ2v) is 10.9. The molecule has 1 aliphatic carbocycles. The summed E-state index contributed by atoms with van der Waals surface area (Å²) in [7, 11) is 3.35. The van der Waals surface area contributed by atoms with Gasteiger partial charge in [-0.1, -0.05) is 11.6 Å². The lowest BCUT2D eigenvalue weighted by molar-refractivity contribution is -0.128. The molecule has 3 aromatic rings. The van der Waals surface area contributed by atoms with E-state index in [1.807, 2.05) is 0 Å². The average molecular weight is 553 g/mol. The van der Waals surface area contributed by atoms with Gasteiger partial charge < -0.3 is 24.9 Å². The minimum Gasteiger partial charge on any atom is -0.447 e. The Morgan fingerprint density at radius 1 is 1.05 bits per heavy atom. The van der Waals surface area contributed by atoms with Crippen LogP contribution in [-0.2, 0) is 16.0 Å². The fourth-order valence-corrected chi connectivity index (χ4v) is 5.47. The molecule has 1 saturated carbocycles. The highest BCUT2D eigenvalue weighted by molar-refractivity contribution is 6.30. The number of carbonyl (C=O) groups is 3. The second-order valence-electron chi connectivity index (χ2n) is 10.5. The Morgan fingerprint density at radius 3 is 2.46 bits per heavy atom. The number of likely N-dealkylation sites (N-methyl/N-ethyl adjacent to an activating group) is 1. The number of likely N-dealkylation sites (tertiary alicyclic amines) is 1. The molecule has 3 aromatic heterocycles. The molecule has 0 spiro atoms. The van der Waals surface area contributed by atoms with Crippen LogP contribution in [0, 0.1) is 5.92 Å². The van der Waals surface area contributed by atoms with Crippen molar-refractivity contribution >= 4 is 51.9 Å². The Kier molecular flexibility index (Phi) is 8.13. The molecule has 1 aliphatic heterocycles. The van der Waals surface area contributed by atoms with E-state index in [0.29, 0.717) is 27.9 Å². The summed E-state index contributed by atoms with van der Waals surface area (Å²) in [5, 5.41) is 6.09. The third kappa shape index (κ3) is 6.23. The predicted octanol–water partition coefficient (Wildman–Crippen LogP) is 4.35. The van der Waals surface area contributed by atoms with Crippen molar-refractivity contribution in [2.75, 3.05) is 37.8 Å². The average Bonchev–Trinajstić information content (AvgIpc) is 3.59. The topological polar surface area (TPSA) is 121 Å². The number of aromatic nitrogens is 2. The van der Waals surface area contributed by atoms with Crippen LogP contribution >= 0.6 is 11.6 Å². The van der Waals surface area contributed by atoms with Crippen LogP contribution in [0.25, 0.3) is 11.1 Å². The molecule has 0 unspecified atom stereocenters. The van der Waals surface area contributed by atoms with Crippen molar-refractivity contribution in [3.8, 4) is 0 Å². The molecule has 2 aliphatic rings. The predicted molar refractivity (Wildman–Crippen MR) is 149 cm³/mol. The van der Waals surface area contributed by atoms with Crippen LogP contribution in [-0.4, -0.2) is 70.7 Å². The molecule has 2 fully saturated rings. The number of carbonyl (C=O) groups excluding carboxylic acids is 3. The fourth-order valence-electron chi connectivity index (χ4n) is 5.36. The Labute approximate surface area is 232 Å². The van der Waals surface area contributed by atoms with Gasteiger partial charge in [-0.2, -0.15) is 0 Å². The Morgan fingerprint density at radius 2 is 1.79 bits per heavy atom. The van der Waals surface area contributed by atoms with Crippen LogP contribution in [0.15, 0.2) is 34.9 Å². The molecular formula is C28H33ClN6O4. The zero-order chi connectivity index (χ0) is 27.5. The molecular weight excluding hydrogens is 520 g/mol. The number of furan rings is 1. The van der Waals surface area contributed by atoms with Gasteiger partial charge in [-0.3, -0.25) is 14.4 Å². The minimum absolute atomic E-state index is 0.0792. The van der Waals surface area contributed by atoms with Crippen molar-refractivity contribution < 1.29 is 18.8 Å². The van der Waals surface area contributed by atoms with Crippen molar-refractivity contribution in [2.24, 2.45) is 5.92 Å². The molecule has 11 heteroatoms. The van der Waals surface area contributed by atoms with Crippen LogP contribution in [0.5, 0.6) is 0 Å². The molecule has 0 aromatic carbocycles. The van der Waals surface area contributed by atoms with Crippen molar-refractivity contribution in [3.63, 3.8) is 0 Å². The summed E-state index contributed by atoms with van der Waals surface area (Å²) in [6.07, 6.45) is 7.54. The molecule has 4 heterocycles. The van der Waals surface area contributed by atoms with E-state index in [-0.39, 0.29) is 41.4 Å². The van der Waals surface area contributed by atoms with Gasteiger partial charge in [-0.25, -0.2) is 9.97 Å². The maximum atomic E-state index is 13.4. The molecule has 5 rings (SSSR count). The number of fused-ring (bicyclic) bond motifs is 1. The number of rotatable bonds is 7. The van der Waals surface area contributed by atoms with Gasteiger partial charge in [0.15, 0.2) is 5.58 Å². The molecule has 0 atom stereocenters. The van der Waals surface area contributed by atoms with E-state index in [2.05, 4.69) is 25.5 Å². The van der Waals surface area contributed by atoms with E-state index in [4.69, 9.17) is 16.0 Å². The van der Waals surface area contributed by atoms with Crippen LogP contribution in [0.3, 0.4) is 0 Å². The molecule has 1 saturated heterocycles. The number of anilines is 2. The second kappa shape index (κ2) is 11.7. The first-order valence-corrected chi connectivity index (χ1v) is 13.8. The first-order chi connectivity index (χ1) is 18.8. The standard InChI is InChI=1S/C28H33ClN6O4/c1-34(2)23(36)15-19-8-11-21-24(31-19)25(26(39-21)28(38)32-22-12-7-18(29)16-30-22)33-27(37)17-5-9-20(10-6-17)35-13-3-4-14-35/h7-8,11-12,16-17,20H,3-6,9-10,13-15H2,1-2H3,(H,33,37)(H,30,32,38). The van der Waals surface area contributed by atoms with Gasteiger partial charge >= 0.3 is 0 Å². The van der Waals surface area contributed by atoms with Gasteiger partial charge in [0.05, 0.1) is 17.1 Å². The summed E-state index contributed by atoms with van der Waals surface area (Å²) in [5.41, 5.74) is 1.36. The Bertz CT molecular complexity index is 1360. The number of nitrogens with zero attached hydrogens (tertiary/aromatic N) is 4. The highest BCUT2D eigenvalue weighted by Crippen LogP contribution is 2.34. The molecule has 39 heavy (non-hydrogen) atoms. The van der Waals surface area contributed by atoms with Crippen LogP contribution in [0.4, 0.5) is 11.5 Å². The lowest BCUT2D eigenvalue weighted by atomic mass is 9.85. The van der Waals surface area contributed by atoms with Crippen LogP contribution in [0.1, 0.15) is 54.8 Å². The highest BCUT2D eigenvalue weighted by atomic mass is 35.5. The highest BCUT2D eigenvalue weighted by Gasteiger charge is 2.32. The molecule has 0 bridgehead atoms. The van der Waals surface area contributed by atoms with Crippen molar-refractivity contribution in [3.05, 3.63) is 46.9 Å². The third-order valence-corrected chi connectivity index (χ3v) is 7.79. The van der Waals surface area contributed by atoms with Gasteiger partial charge in [0.25, 0.3) is 5.91 Å². The maximum Gasteiger partial charge on any atom is 0.294 e. The van der Waals surface area contributed by atoms with E-state index in [1.54, 1.807) is 38.4 Å². The summed E-state index contributed by atoms with van der Waals surface area (Å²) in [6.45, 7) is 2.29.